The number of methoxy groups -OCH3 is 1. The summed E-state index contributed by atoms with van der Waals surface area (Å²) < 4.78 is 7.31. The summed E-state index contributed by atoms with van der Waals surface area (Å²) in [6, 6.07) is 14.0. The molecule has 0 radical (unpaired) electrons. The fraction of sp³-hybridized carbons (Fsp3) is 0.300. The minimum absolute atomic E-state index is 0.0367. The highest BCUT2D eigenvalue weighted by atomic mass is 32.2. The number of imidazole rings is 1. The Balaban J connectivity index is 1.71. The number of carbonyl (C=O) groups excluding carboxylic acids is 1. The first kappa shape index (κ1) is 18.5. The van der Waals surface area contributed by atoms with Crippen LogP contribution in [0.3, 0.4) is 0 Å². The van der Waals surface area contributed by atoms with E-state index < -0.39 is 0 Å². The standard InChI is InChI=1S/C20H23N3O2S/c1-14-10-15(2)12-16(11-14)21-19(24)13-26-20-22-17-6-4-5-7-18(17)23(20)8-9-25-3/h4-7,10-12H,8-9,13H2,1-3H3,(H,21,24). The number of benzene rings is 2. The van der Waals surface area contributed by atoms with Gasteiger partial charge in [0.1, 0.15) is 0 Å². The van der Waals surface area contributed by atoms with Crippen molar-refractivity contribution in [1.82, 2.24) is 9.55 Å². The molecule has 0 unspecified atom stereocenters. The molecular formula is C20H23N3O2S. The van der Waals surface area contributed by atoms with Crippen LogP contribution in [0, 0.1) is 13.8 Å². The number of para-hydroxylation sites is 2. The van der Waals surface area contributed by atoms with Crippen LogP contribution in [0.15, 0.2) is 47.6 Å². The van der Waals surface area contributed by atoms with Crippen molar-refractivity contribution in [2.45, 2.75) is 25.5 Å². The third-order valence-electron chi connectivity index (χ3n) is 3.98. The molecule has 0 aliphatic rings. The molecule has 1 heterocycles. The van der Waals surface area contributed by atoms with E-state index in [1.165, 1.54) is 11.8 Å². The first-order chi connectivity index (χ1) is 12.6. The van der Waals surface area contributed by atoms with Crippen LogP contribution in [0.4, 0.5) is 5.69 Å². The van der Waals surface area contributed by atoms with Gasteiger partial charge < -0.3 is 14.6 Å². The van der Waals surface area contributed by atoms with E-state index in [2.05, 4.69) is 20.9 Å². The van der Waals surface area contributed by atoms with Gasteiger partial charge in [-0.15, -0.1) is 0 Å². The molecule has 1 amide bonds. The zero-order chi connectivity index (χ0) is 18.5. The van der Waals surface area contributed by atoms with Crippen LogP contribution in [0.5, 0.6) is 0 Å². The SMILES string of the molecule is COCCn1c(SCC(=O)Nc2cc(C)cc(C)c2)nc2ccccc21. The van der Waals surface area contributed by atoms with Crippen molar-refractivity contribution in [2.24, 2.45) is 0 Å². The molecule has 6 heteroatoms. The van der Waals surface area contributed by atoms with Gasteiger partial charge in [0.2, 0.25) is 5.91 Å². The quantitative estimate of drug-likeness (QED) is 0.639. The number of nitrogens with one attached hydrogen (secondary N) is 1. The first-order valence-corrected chi connectivity index (χ1v) is 9.50. The molecule has 3 aromatic rings. The van der Waals surface area contributed by atoms with E-state index in [4.69, 9.17) is 4.74 Å². The second kappa shape index (κ2) is 8.38. The van der Waals surface area contributed by atoms with E-state index in [1.54, 1.807) is 7.11 Å². The lowest BCUT2D eigenvalue weighted by Crippen LogP contribution is -2.15. The molecule has 1 N–H and O–H groups in total. The van der Waals surface area contributed by atoms with E-state index in [-0.39, 0.29) is 5.91 Å². The molecule has 0 saturated carbocycles. The second-order valence-electron chi connectivity index (χ2n) is 6.24. The van der Waals surface area contributed by atoms with Crippen LogP contribution in [0.1, 0.15) is 11.1 Å². The molecule has 1 aromatic heterocycles. The van der Waals surface area contributed by atoms with Gasteiger partial charge in [-0.2, -0.15) is 0 Å². The molecule has 0 bridgehead atoms. The third kappa shape index (κ3) is 4.45. The molecule has 0 aliphatic heterocycles. The Hall–Kier alpha value is -2.31. The molecule has 26 heavy (non-hydrogen) atoms. The summed E-state index contributed by atoms with van der Waals surface area (Å²) in [6.45, 7) is 5.35. The number of nitrogens with zero attached hydrogens (tertiary/aromatic N) is 2. The Morgan fingerprint density at radius 3 is 2.65 bits per heavy atom. The number of aryl methyl sites for hydroxylation is 2. The van der Waals surface area contributed by atoms with Crippen molar-refractivity contribution in [1.29, 1.82) is 0 Å². The van der Waals surface area contributed by atoms with Crippen molar-refractivity contribution >= 4 is 34.4 Å². The lowest BCUT2D eigenvalue weighted by atomic mass is 10.1. The number of ether oxygens (including phenoxy) is 1. The predicted octanol–water partition coefficient (Wildman–Crippen LogP) is 4.03. The van der Waals surface area contributed by atoms with Crippen LogP contribution >= 0.6 is 11.8 Å². The van der Waals surface area contributed by atoms with Crippen molar-refractivity contribution in [2.75, 3.05) is 24.8 Å². The van der Waals surface area contributed by atoms with Crippen molar-refractivity contribution in [3.63, 3.8) is 0 Å². The molecule has 5 nitrogen and oxygen atoms in total. The number of hydrogen-bond acceptors (Lipinski definition) is 4. The third-order valence-corrected chi connectivity index (χ3v) is 4.95. The molecule has 136 valence electrons. The summed E-state index contributed by atoms with van der Waals surface area (Å²) in [5, 5.41) is 3.80. The highest BCUT2D eigenvalue weighted by Gasteiger charge is 2.13. The number of anilines is 1. The monoisotopic (exact) mass is 369 g/mol. The van der Waals surface area contributed by atoms with Crippen LogP contribution in [0.25, 0.3) is 11.0 Å². The van der Waals surface area contributed by atoms with E-state index in [0.717, 1.165) is 33.0 Å². The highest BCUT2D eigenvalue weighted by molar-refractivity contribution is 7.99. The van der Waals surface area contributed by atoms with Crippen LogP contribution in [-0.2, 0) is 16.1 Å². The van der Waals surface area contributed by atoms with E-state index in [0.29, 0.717) is 18.9 Å². The lowest BCUT2D eigenvalue weighted by Gasteiger charge is -2.09. The molecule has 0 atom stereocenters. The molecular weight excluding hydrogens is 346 g/mol. The topological polar surface area (TPSA) is 56.1 Å². The fourth-order valence-electron chi connectivity index (χ4n) is 2.94. The molecule has 0 spiro atoms. The molecule has 3 rings (SSSR count). The lowest BCUT2D eigenvalue weighted by molar-refractivity contribution is -0.113. The summed E-state index contributed by atoms with van der Waals surface area (Å²) in [6.07, 6.45) is 0. The summed E-state index contributed by atoms with van der Waals surface area (Å²) >= 11 is 1.44. The predicted molar refractivity (Wildman–Crippen MR) is 107 cm³/mol. The van der Waals surface area contributed by atoms with Crippen LogP contribution < -0.4 is 5.32 Å². The largest absolute Gasteiger partial charge is 0.383 e. The van der Waals surface area contributed by atoms with Gasteiger partial charge in [-0.1, -0.05) is 30.0 Å². The number of amides is 1. The van der Waals surface area contributed by atoms with Gasteiger partial charge in [0, 0.05) is 19.3 Å². The Kier molecular flexibility index (Phi) is 5.96. The van der Waals surface area contributed by atoms with Crippen molar-refractivity contribution in [3.8, 4) is 0 Å². The maximum Gasteiger partial charge on any atom is 0.234 e. The van der Waals surface area contributed by atoms with Gasteiger partial charge in [0.25, 0.3) is 0 Å². The minimum Gasteiger partial charge on any atom is -0.383 e. The average Bonchev–Trinajstić information content (AvgIpc) is 2.95. The van der Waals surface area contributed by atoms with Crippen molar-refractivity contribution in [3.05, 3.63) is 53.6 Å². The summed E-state index contributed by atoms with van der Waals surface area (Å²) in [4.78, 5) is 17.0. The van der Waals surface area contributed by atoms with Gasteiger partial charge in [-0.25, -0.2) is 4.98 Å². The average molecular weight is 369 g/mol. The molecule has 0 fully saturated rings. The van der Waals surface area contributed by atoms with Crippen LogP contribution in [0.2, 0.25) is 0 Å². The zero-order valence-corrected chi connectivity index (χ0v) is 16.1. The summed E-state index contributed by atoms with van der Waals surface area (Å²) in [5.41, 5.74) is 5.09. The number of carbonyl (C=O) groups is 1. The first-order valence-electron chi connectivity index (χ1n) is 8.52. The van der Waals surface area contributed by atoms with Crippen LogP contribution in [-0.4, -0.2) is 34.9 Å². The maximum atomic E-state index is 12.4. The van der Waals surface area contributed by atoms with Gasteiger partial charge in [0.15, 0.2) is 5.16 Å². The Bertz CT molecular complexity index is 900. The Labute approximate surface area is 157 Å². The number of fused-ring (bicyclic) bond motifs is 1. The van der Waals surface area contributed by atoms with Gasteiger partial charge in [0.05, 0.1) is 23.4 Å². The molecule has 0 saturated heterocycles. The number of thioether (sulfide) groups is 1. The fourth-order valence-corrected chi connectivity index (χ4v) is 3.78. The number of hydrogen-bond donors (Lipinski definition) is 1. The smallest absolute Gasteiger partial charge is 0.234 e. The maximum absolute atomic E-state index is 12.4. The van der Waals surface area contributed by atoms with E-state index in [1.807, 2.05) is 50.2 Å². The molecule has 2 aromatic carbocycles. The summed E-state index contributed by atoms with van der Waals surface area (Å²) in [5.74, 6) is 0.272. The number of aromatic nitrogens is 2. The van der Waals surface area contributed by atoms with Gasteiger partial charge >= 0.3 is 0 Å². The second-order valence-corrected chi connectivity index (χ2v) is 7.18. The minimum atomic E-state index is -0.0367. The van der Waals surface area contributed by atoms with E-state index >= 15 is 0 Å². The highest BCUT2D eigenvalue weighted by Crippen LogP contribution is 2.24. The Morgan fingerprint density at radius 2 is 1.92 bits per heavy atom. The van der Waals surface area contributed by atoms with E-state index in [9.17, 15) is 4.79 Å². The Morgan fingerprint density at radius 1 is 1.19 bits per heavy atom. The summed E-state index contributed by atoms with van der Waals surface area (Å²) in [7, 11) is 1.68. The normalized spacial score (nSPS) is 11.0. The van der Waals surface area contributed by atoms with Crippen molar-refractivity contribution < 1.29 is 9.53 Å². The van der Waals surface area contributed by atoms with Gasteiger partial charge in [-0.05, 0) is 49.2 Å². The van der Waals surface area contributed by atoms with Gasteiger partial charge in [-0.3, -0.25) is 4.79 Å². The number of rotatable bonds is 7. The zero-order valence-electron chi connectivity index (χ0n) is 15.3. The molecule has 0 aliphatic carbocycles.